The molecule has 3 atom stereocenters. The second kappa shape index (κ2) is 9.88. The number of hydrogen-bond donors (Lipinski definition) is 1. The van der Waals surface area contributed by atoms with Crippen molar-refractivity contribution in [3.63, 3.8) is 0 Å². The summed E-state index contributed by atoms with van der Waals surface area (Å²) >= 11 is 6.08. The van der Waals surface area contributed by atoms with Gasteiger partial charge in [0, 0.05) is 16.6 Å². The number of carbonyl (C=O) groups excluding carboxylic acids is 2. The van der Waals surface area contributed by atoms with E-state index in [2.05, 4.69) is 5.32 Å². The Labute approximate surface area is 199 Å². The van der Waals surface area contributed by atoms with Crippen LogP contribution in [0.15, 0.2) is 48.6 Å². The van der Waals surface area contributed by atoms with Gasteiger partial charge in [-0.25, -0.2) is 4.39 Å². The summed E-state index contributed by atoms with van der Waals surface area (Å²) in [6, 6.07) is 3.18. The number of halogens is 8. The van der Waals surface area contributed by atoms with E-state index in [4.69, 9.17) is 16.3 Å². The van der Waals surface area contributed by atoms with Crippen LogP contribution in [0.4, 0.5) is 30.7 Å². The van der Waals surface area contributed by atoms with Gasteiger partial charge in [-0.3, -0.25) is 9.59 Å². The number of allylic oxidation sites excluding steroid dienone is 1. The van der Waals surface area contributed by atoms with Gasteiger partial charge >= 0.3 is 18.3 Å². The highest BCUT2D eigenvalue weighted by Gasteiger charge is 2.38. The number of esters is 1. The lowest BCUT2D eigenvalue weighted by Gasteiger charge is -2.23. The zero-order valence-corrected chi connectivity index (χ0v) is 18.6. The summed E-state index contributed by atoms with van der Waals surface area (Å²) in [5.74, 6) is -4.09. The van der Waals surface area contributed by atoms with Crippen LogP contribution >= 0.6 is 11.6 Å². The first-order chi connectivity index (χ1) is 16.2. The highest BCUT2D eigenvalue weighted by Crippen LogP contribution is 2.39. The highest BCUT2D eigenvalue weighted by molar-refractivity contribution is 6.31. The number of ether oxygens (including phenoxy) is 1. The van der Waals surface area contributed by atoms with Gasteiger partial charge in [-0.05, 0) is 48.2 Å². The van der Waals surface area contributed by atoms with Crippen LogP contribution in [-0.2, 0) is 21.9 Å². The molecule has 1 aliphatic rings. The number of benzene rings is 2. The first-order valence-electron chi connectivity index (χ1n) is 10.0. The van der Waals surface area contributed by atoms with Crippen LogP contribution in [-0.4, -0.2) is 25.0 Å². The third kappa shape index (κ3) is 6.14. The number of carbonyl (C=O) groups is 2. The molecule has 1 aliphatic carbocycles. The summed E-state index contributed by atoms with van der Waals surface area (Å²) in [5.41, 5.74) is -3.80. The fourth-order valence-electron chi connectivity index (χ4n) is 3.83. The zero-order valence-electron chi connectivity index (χ0n) is 17.8. The van der Waals surface area contributed by atoms with Crippen LogP contribution in [0.1, 0.15) is 39.4 Å². The predicted molar refractivity (Wildman–Crippen MR) is 111 cm³/mol. The molecule has 3 rings (SSSR count). The smallest absolute Gasteiger partial charge is 0.416 e. The Morgan fingerprint density at radius 2 is 1.60 bits per heavy atom. The van der Waals surface area contributed by atoms with Crippen LogP contribution < -0.4 is 5.32 Å². The molecule has 4 nitrogen and oxygen atoms in total. The van der Waals surface area contributed by atoms with Crippen LogP contribution in [0.2, 0.25) is 5.02 Å². The molecule has 1 N–H and O–H groups in total. The first kappa shape index (κ1) is 26.5. The Hall–Kier alpha value is -3.08. The fraction of sp³-hybridized carbons (Fsp3) is 0.304. The first-order valence-corrected chi connectivity index (χ1v) is 10.4. The summed E-state index contributed by atoms with van der Waals surface area (Å²) in [7, 11) is 1.14. The number of amides is 1. The molecule has 35 heavy (non-hydrogen) atoms. The lowest BCUT2D eigenvalue weighted by atomic mass is 9.85. The molecule has 0 radical (unpaired) electrons. The van der Waals surface area contributed by atoms with Crippen molar-refractivity contribution < 1.29 is 45.1 Å². The lowest BCUT2D eigenvalue weighted by Crippen LogP contribution is -2.34. The van der Waals surface area contributed by atoms with E-state index in [1.807, 2.05) is 0 Å². The van der Waals surface area contributed by atoms with Crippen molar-refractivity contribution >= 4 is 23.5 Å². The minimum absolute atomic E-state index is 0.0371. The second-order valence-corrected chi connectivity index (χ2v) is 8.23. The molecule has 12 heteroatoms. The molecule has 0 heterocycles. The third-order valence-corrected chi connectivity index (χ3v) is 5.79. The van der Waals surface area contributed by atoms with Gasteiger partial charge in [-0.2, -0.15) is 26.3 Å². The van der Waals surface area contributed by atoms with Crippen molar-refractivity contribution in [2.24, 2.45) is 5.92 Å². The molecule has 0 spiro atoms. The van der Waals surface area contributed by atoms with Crippen LogP contribution in [0.3, 0.4) is 0 Å². The molecule has 0 bridgehead atoms. The molecular formula is C23H17ClF7NO3. The number of nitrogens with one attached hydrogen (secondary N) is 1. The molecule has 0 unspecified atom stereocenters. The fourth-order valence-corrected chi connectivity index (χ4v) is 4.12. The van der Waals surface area contributed by atoms with Crippen molar-refractivity contribution in [2.45, 2.75) is 30.7 Å². The maximum absolute atomic E-state index is 13.4. The summed E-state index contributed by atoms with van der Waals surface area (Å²) in [4.78, 5) is 25.0. The Balaban J connectivity index is 1.82. The lowest BCUT2D eigenvalue weighted by molar-refractivity contribution is -0.144. The summed E-state index contributed by atoms with van der Waals surface area (Å²) in [5, 5.41) is 2.33. The van der Waals surface area contributed by atoms with Crippen molar-refractivity contribution in [1.29, 1.82) is 0 Å². The van der Waals surface area contributed by atoms with Gasteiger partial charge in [0.15, 0.2) is 0 Å². The van der Waals surface area contributed by atoms with Crippen molar-refractivity contribution in [3.8, 4) is 0 Å². The highest BCUT2D eigenvalue weighted by atomic mass is 35.5. The van der Waals surface area contributed by atoms with E-state index in [-0.39, 0.29) is 23.1 Å². The Bertz CT molecular complexity index is 1130. The van der Waals surface area contributed by atoms with Gasteiger partial charge in [0.05, 0.1) is 24.2 Å². The minimum atomic E-state index is -5.10. The SMILES string of the molecule is COC(=O)[C@H](c1ccc(F)cc1Cl)[C@H]1C=C[C@@H](NC(=O)c2cc(C(F)(F)F)cc(C(F)(F)F)c2)C1. The average molecular weight is 524 g/mol. The molecule has 2 aromatic carbocycles. The van der Waals surface area contributed by atoms with E-state index in [0.717, 1.165) is 19.2 Å². The number of hydrogen-bond acceptors (Lipinski definition) is 3. The van der Waals surface area contributed by atoms with E-state index in [0.29, 0.717) is 12.1 Å². The molecule has 0 saturated carbocycles. The molecule has 1 amide bonds. The van der Waals surface area contributed by atoms with Crippen molar-refractivity contribution in [3.05, 3.63) is 81.6 Å². The van der Waals surface area contributed by atoms with E-state index in [1.54, 1.807) is 6.08 Å². The van der Waals surface area contributed by atoms with E-state index >= 15 is 0 Å². The van der Waals surface area contributed by atoms with Crippen molar-refractivity contribution in [1.82, 2.24) is 5.32 Å². The van der Waals surface area contributed by atoms with E-state index in [9.17, 15) is 40.3 Å². The normalized spacial score (nSPS) is 18.9. The van der Waals surface area contributed by atoms with Crippen LogP contribution in [0.5, 0.6) is 0 Å². The number of alkyl halides is 6. The molecule has 0 aliphatic heterocycles. The van der Waals surface area contributed by atoms with E-state index in [1.165, 1.54) is 12.1 Å². The predicted octanol–water partition coefficient (Wildman–Crippen LogP) is 6.15. The van der Waals surface area contributed by atoms with Gasteiger partial charge in [0.25, 0.3) is 5.91 Å². The largest absolute Gasteiger partial charge is 0.469 e. The maximum atomic E-state index is 13.4. The summed E-state index contributed by atoms with van der Waals surface area (Å²) in [6.45, 7) is 0. The summed E-state index contributed by atoms with van der Waals surface area (Å²) in [6.07, 6.45) is -7.15. The van der Waals surface area contributed by atoms with Crippen LogP contribution in [0, 0.1) is 11.7 Å². The second-order valence-electron chi connectivity index (χ2n) is 7.83. The molecule has 0 saturated heterocycles. The zero-order chi connectivity index (χ0) is 26.1. The molecular weight excluding hydrogens is 507 g/mol. The monoisotopic (exact) mass is 523 g/mol. The Morgan fingerprint density at radius 1 is 1.00 bits per heavy atom. The number of rotatable bonds is 5. The van der Waals surface area contributed by atoms with Crippen molar-refractivity contribution in [2.75, 3.05) is 7.11 Å². The third-order valence-electron chi connectivity index (χ3n) is 5.46. The molecule has 0 fully saturated rings. The number of methoxy groups -OCH3 is 1. The minimum Gasteiger partial charge on any atom is -0.469 e. The van der Waals surface area contributed by atoms with Gasteiger partial charge < -0.3 is 10.1 Å². The Morgan fingerprint density at radius 3 is 2.11 bits per heavy atom. The topological polar surface area (TPSA) is 55.4 Å². The standard InChI is InChI=1S/C23H17ClF7NO3/c1-35-21(34)19(17-5-3-15(25)10-18(17)24)11-2-4-16(8-11)32-20(33)12-6-13(22(26,27)28)9-14(7-12)23(29,30)31/h2-7,9-11,16,19H,8H2,1H3,(H,32,33)/t11-,16+,19-/m0/s1. The molecule has 2 aromatic rings. The molecule has 0 aromatic heterocycles. The Kier molecular flexibility index (Phi) is 7.49. The van der Waals surface area contributed by atoms with Gasteiger partial charge in [-0.1, -0.05) is 29.8 Å². The molecule has 188 valence electrons. The van der Waals surface area contributed by atoms with Crippen LogP contribution in [0.25, 0.3) is 0 Å². The summed E-state index contributed by atoms with van der Waals surface area (Å²) < 4.78 is 96.8. The maximum Gasteiger partial charge on any atom is 0.416 e. The van der Waals surface area contributed by atoms with Gasteiger partial charge in [0.1, 0.15) is 5.82 Å². The average Bonchev–Trinajstić information content (AvgIpc) is 3.21. The van der Waals surface area contributed by atoms with Gasteiger partial charge in [-0.15, -0.1) is 0 Å². The quantitative estimate of drug-likeness (QED) is 0.291. The van der Waals surface area contributed by atoms with E-state index < -0.39 is 64.6 Å². The van der Waals surface area contributed by atoms with Gasteiger partial charge in [0.2, 0.25) is 0 Å².